The van der Waals surface area contributed by atoms with E-state index < -0.39 is 10.0 Å². The molecule has 1 atom stereocenters. The second-order valence-corrected chi connectivity index (χ2v) is 6.64. The molecule has 7 heteroatoms. The molecule has 114 valence electrons. The molecule has 1 aliphatic rings. The van der Waals surface area contributed by atoms with E-state index in [1.165, 1.54) is 7.11 Å². The lowest BCUT2D eigenvalue weighted by atomic mass is 10.2. The first-order valence-corrected chi connectivity index (χ1v) is 7.83. The van der Waals surface area contributed by atoms with Crippen LogP contribution in [0.4, 0.5) is 0 Å². The molecular formula is C13H21ClN2O3S. The molecule has 0 saturated heterocycles. The Kier molecular flexibility index (Phi) is 5.82. The number of methoxy groups -OCH3 is 1. The van der Waals surface area contributed by atoms with Crippen LogP contribution in [0.2, 0.25) is 0 Å². The van der Waals surface area contributed by atoms with Crippen LogP contribution in [0.25, 0.3) is 0 Å². The summed E-state index contributed by atoms with van der Waals surface area (Å²) in [6, 6.07) is 4.91. The van der Waals surface area contributed by atoms with Gasteiger partial charge in [-0.15, -0.1) is 12.4 Å². The maximum atomic E-state index is 12.4. The van der Waals surface area contributed by atoms with Crippen molar-refractivity contribution in [1.82, 2.24) is 4.72 Å². The normalized spacial score (nSPS) is 16.4. The van der Waals surface area contributed by atoms with Crippen molar-refractivity contribution < 1.29 is 13.2 Å². The number of hydrogen-bond donors (Lipinski definition) is 2. The van der Waals surface area contributed by atoms with Crippen LogP contribution in [-0.2, 0) is 10.0 Å². The molecular weight excluding hydrogens is 300 g/mol. The highest BCUT2D eigenvalue weighted by atomic mass is 35.5. The molecule has 0 bridgehead atoms. The first-order valence-electron chi connectivity index (χ1n) is 6.35. The molecule has 1 aromatic rings. The van der Waals surface area contributed by atoms with Crippen LogP contribution in [0.3, 0.4) is 0 Å². The molecule has 3 N–H and O–H groups in total. The molecule has 1 fully saturated rings. The fourth-order valence-corrected chi connectivity index (χ4v) is 3.66. The summed E-state index contributed by atoms with van der Waals surface area (Å²) in [5.41, 5.74) is 6.51. The van der Waals surface area contributed by atoms with E-state index in [0.717, 1.165) is 18.4 Å². The molecule has 0 radical (unpaired) electrons. The lowest BCUT2D eigenvalue weighted by Gasteiger charge is -2.17. The van der Waals surface area contributed by atoms with Crippen molar-refractivity contribution in [2.24, 2.45) is 11.7 Å². The Morgan fingerprint density at radius 1 is 1.45 bits per heavy atom. The molecule has 1 aliphatic carbocycles. The summed E-state index contributed by atoms with van der Waals surface area (Å²) >= 11 is 0. The van der Waals surface area contributed by atoms with Crippen LogP contribution >= 0.6 is 12.4 Å². The minimum absolute atomic E-state index is 0. The number of sulfonamides is 1. The van der Waals surface area contributed by atoms with Gasteiger partial charge in [-0.3, -0.25) is 0 Å². The van der Waals surface area contributed by atoms with Gasteiger partial charge in [-0.25, -0.2) is 13.1 Å². The Balaban J connectivity index is 0.00000200. The van der Waals surface area contributed by atoms with Crippen molar-refractivity contribution in [3.63, 3.8) is 0 Å². The minimum atomic E-state index is -3.60. The van der Waals surface area contributed by atoms with E-state index in [4.69, 9.17) is 10.5 Å². The second-order valence-electron chi connectivity index (χ2n) is 4.96. The number of hydrogen-bond acceptors (Lipinski definition) is 4. The Morgan fingerprint density at radius 2 is 2.10 bits per heavy atom. The average molecular weight is 321 g/mol. The molecule has 2 rings (SSSR count). The van der Waals surface area contributed by atoms with Crippen LogP contribution in [0.1, 0.15) is 18.4 Å². The lowest BCUT2D eigenvalue weighted by molar-refractivity contribution is 0.401. The smallest absolute Gasteiger partial charge is 0.244 e. The Labute approximate surface area is 126 Å². The highest BCUT2D eigenvalue weighted by Crippen LogP contribution is 2.33. The van der Waals surface area contributed by atoms with E-state index in [9.17, 15) is 8.42 Å². The van der Waals surface area contributed by atoms with E-state index in [1.807, 2.05) is 13.0 Å². The summed E-state index contributed by atoms with van der Waals surface area (Å²) < 4.78 is 32.7. The number of halogens is 1. The summed E-state index contributed by atoms with van der Waals surface area (Å²) in [4.78, 5) is 0.175. The quantitative estimate of drug-likeness (QED) is 0.831. The Hall–Kier alpha value is -0.820. The highest BCUT2D eigenvalue weighted by Gasteiger charge is 2.34. The number of benzene rings is 1. The first-order chi connectivity index (χ1) is 8.97. The second kappa shape index (κ2) is 6.76. The average Bonchev–Trinajstić information content (AvgIpc) is 3.20. The van der Waals surface area contributed by atoms with Gasteiger partial charge in [-0.2, -0.15) is 0 Å². The van der Waals surface area contributed by atoms with Gasteiger partial charge >= 0.3 is 0 Å². The Bertz CT molecular complexity index is 559. The third-order valence-electron chi connectivity index (χ3n) is 3.36. The molecule has 0 heterocycles. The van der Waals surface area contributed by atoms with Crippen molar-refractivity contribution in [3.05, 3.63) is 23.8 Å². The van der Waals surface area contributed by atoms with Gasteiger partial charge in [-0.1, -0.05) is 6.07 Å². The molecule has 1 unspecified atom stereocenters. The van der Waals surface area contributed by atoms with Gasteiger partial charge in [0, 0.05) is 12.6 Å². The van der Waals surface area contributed by atoms with Gasteiger partial charge in [0.25, 0.3) is 0 Å². The largest absolute Gasteiger partial charge is 0.495 e. The zero-order valence-electron chi connectivity index (χ0n) is 11.6. The fraction of sp³-hybridized carbons (Fsp3) is 0.538. The number of nitrogens with two attached hydrogens (primary N) is 1. The molecule has 0 amide bonds. The molecule has 0 spiro atoms. The van der Waals surface area contributed by atoms with Gasteiger partial charge in [-0.05, 0) is 43.4 Å². The van der Waals surface area contributed by atoms with Crippen LogP contribution in [-0.4, -0.2) is 28.1 Å². The molecule has 0 aliphatic heterocycles. The highest BCUT2D eigenvalue weighted by molar-refractivity contribution is 7.89. The van der Waals surface area contributed by atoms with E-state index in [1.54, 1.807) is 12.1 Å². The summed E-state index contributed by atoms with van der Waals surface area (Å²) in [6.45, 7) is 2.16. The summed E-state index contributed by atoms with van der Waals surface area (Å²) in [5, 5.41) is 0. The monoisotopic (exact) mass is 320 g/mol. The maximum absolute atomic E-state index is 12.4. The zero-order valence-corrected chi connectivity index (χ0v) is 13.3. The third-order valence-corrected chi connectivity index (χ3v) is 4.87. The molecule has 1 aromatic carbocycles. The number of ether oxygens (including phenoxy) is 1. The van der Waals surface area contributed by atoms with E-state index in [2.05, 4.69) is 4.72 Å². The molecule has 0 aromatic heterocycles. The van der Waals surface area contributed by atoms with Crippen molar-refractivity contribution in [3.8, 4) is 5.75 Å². The van der Waals surface area contributed by atoms with E-state index >= 15 is 0 Å². The van der Waals surface area contributed by atoms with Gasteiger partial charge in [0.05, 0.1) is 7.11 Å². The minimum Gasteiger partial charge on any atom is -0.495 e. The van der Waals surface area contributed by atoms with Crippen molar-refractivity contribution in [1.29, 1.82) is 0 Å². The first kappa shape index (κ1) is 17.2. The fourth-order valence-electron chi connectivity index (χ4n) is 2.09. The van der Waals surface area contributed by atoms with E-state index in [0.29, 0.717) is 18.2 Å². The summed E-state index contributed by atoms with van der Waals surface area (Å²) in [7, 11) is -2.13. The van der Waals surface area contributed by atoms with Crippen molar-refractivity contribution in [2.75, 3.05) is 13.7 Å². The van der Waals surface area contributed by atoms with E-state index in [-0.39, 0.29) is 23.3 Å². The molecule has 20 heavy (non-hydrogen) atoms. The lowest BCUT2D eigenvalue weighted by Crippen LogP contribution is -2.41. The van der Waals surface area contributed by atoms with Crippen molar-refractivity contribution in [2.45, 2.75) is 30.7 Å². The van der Waals surface area contributed by atoms with Crippen LogP contribution in [0, 0.1) is 12.8 Å². The van der Waals surface area contributed by atoms with Crippen molar-refractivity contribution >= 4 is 22.4 Å². The topological polar surface area (TPSA) is 81.4 Å². The summed E-state index contributed by atoms with van der Waals surface area (Å²) in [5.74, 6) is 0.722. The van der Waals surface area contributed by atoms with Gasteiger partial charge < -0.3 is 10.5 Å². The zero-order chi connectivity index (χ0) is 14.0. The third kappa shape index (κ3) is 3.85. The van der Waals surface area contributed by atoms with Crippen LogP contribution in [0.5, 0.6) is 5.75 Å². The SMILES string of the molecule is COc1ccc(C)cc1S(=O)(=O)NC(CN)C1CC1.Cl. The predicted octanol–water partition coefficient (Wildman–Crippen LogP) is 1.44. The molecule has 5 nitrogen and oxygen atoms in total. The Morgan fingerprint density at radius 3 is 2.60 bits per heavy atom. The summed E-state index contributed by atoms with van der Waals surface area (Å²) in [6.07, 6.45) is 2.07. The van der Waals surface area contributed by atoms with Crippen LogP contribution in [0.15, 0.2) is 23.1 Å². The predicted molar refractivity (Wildman–Crippen MR) is 80.9 cm³/mol. The van der Waals surface area contributed by atoms with Crippen LogP contribution < -0.4 is 15.2 Å². The molecule has 1 saturated carbocycles. The van der Waals surface area contributed by atoms with Gasteiger partial charge in [0.1, 0.15) is 10.6 Å². The van der Waals surface area contributed by atoms with Gasteiger partial charge in [0.2, 0.25) is 10.0 Å². The maximum Gasteiger partial charge on any atom is 0.244 e. The number of nitrogens with one attached hydrogen (secondary N) is 1. The standard InChI is InChI=1S/C13H20N2O3S.ClH/c1-9-3-6-12(18-2)13(7-9)19(16,17)15-11(8-14)10-4-5-10;/h3,6-7,10-11,15H,4-5,8,14H2,1-2H3;1H. The number of rotatable bonds is 6. The van der Waals surface area contributed by atoms with Gasteiger partial charge in [0.15, 0.2) is 0 Å². The number of aryl methyl sites for hydroxylation is 1.